The van der Waals surface area contributed by atoms with E-state index in [2.05, 4.69) is 26.8 Å². The highest BCUT2D eigenvalue weighted by Gasteiger charge is 1.96. The van der Waals surface area contributed by atoms with E-state index < -0.39 is 0 Å². The van der Waals surface area contributed by atoms with Crippen LogP contribution in [0.2, 0.25) is 0 Å². The molecule has 0 fully saturated rings. The average molecular weight is 140 g/mol. The van der Waals surface area contributed by atoms with E-state index in [1.54, 1.807) is 0 Å². The number of hydrogen-bond acceptors (Lipinski definition) is 1. The van der Waals surface area contributed by atoms with Crippen LogP contribution in [-0.4, -0.2) is 6.29 Å². The second kappa shape index (κ2) is 5.21. The number of carbonyl (C=O) groups excluding carboxylic acids is 1. The summed E-state index contributed by atoms with van der Waals surface area (Å²) < 4.78 is 0. The molecule has 0 unspecified atom stereocenters. The summed E-state index contributed by atoms with van der Waals surface area (Å²) in [6, 6.07) is 0. The van der Waals surface area contributed by atoms with Gasteiger partial charge in [-0.2, -0.15) is 0 Å². The highest BCUT2D eigenvalue weighted by Crippen LogP contribution is 2.07. The highest BCUT2D eigenvalue weighted by atomic mass is 16.1. The third-order valence-electron chi connectivity index (χ3n) is 1.43. The van der Waals surface area contributed by atoms with Crippen molar-refractivity contribution < 1.29 is 4.79 Å². The SMILES string of the molecule is CC(C)=CC[C@H](C)CC=O. The minimum absolute atomic E-state index is 0.507. The molecular weight excluding hydrogens is 124 g/mol. The Hall–Kier alpha value is -0.590. The molecule has 0 aromatic rings. The van der Waals surface area contributed by atoms with Crippen molar-refractivity contribution in [3.8, 4) is 0 Å². The van der Waals surface area contributed by atoms with Gasteiger partial charge in [0.25, 0.3) is 0 Å². The van der Waals surface area contributed by atoms with E-state index in [9.17, 15) is 4.79 Å². The zero-order valence-corrected chi connectivity index (χ0v) is 7.05. The van der Waals surface area contributed by atoms with Crippen LogP contribution in [0.3, 0.4) is 0 Å². The van der Waals surface area contributed by atoms with Gasteiger partial charge in [0.2, 0.25) is 0 Å². The molecule has 0 radical (unpaired) electrons. The molecule has 0 heterocycles. The standard InChI is InChI=1S/C9H16O/c1-8(2)4-5-9(3)6-7-10/h4,7,9H,5-6H2,1-3H3/t9-/m0/s1. The molecule has 0 aliphatic heterocycles. The first-order valence-electron chi connectivity index (χ1n) is 3.73. The van der Waals surface area contributed by atoms with Crippen LogP contribution in [0.5, 0.6) is 0 Å². The summed E-state index contributed by atoms with van der Waals surface area (Å²) >= 11 is 0. The molecule has 0 saturated carbocycles. The first-order valence-corrected chi connectivity index (χ1v) is 3.73. The Kier molecular flexibility index (Phi) is 4.91. The average Bonchev–Trinajstić information content (AvgIpc) is 1.85. The van der Waals surface area contributed by atoms with Crippen LogP contribution < -0.4 is 0 Å². The van der Waals surface area contributed by atoms with Crippen molar-refractivity contribution in [1.29, 1.82) is 0 Å². The molecule has 0 rings (SSSR count). The Morgan fingerprint density at radius 1 is 1.40 bits per heavy atom. The number of allylic oxidation sites excluding steroid dienone is 2. The molecule has 0 bridgehead atoms. The molecule has 0 spiro atoms. The molecule has 1 atom stereocenters. The summed E-state index contributed by atoms with van der Waals surface area (Å²) in [5.74, 6) is 0.507. The predicted molar refractivity (Wildman–Crippen MR) is 43.9 cm³/mol. The Morgan fingerprint density at radius 3 is 2.40 bits per heavy atom. The number of hydrogen-bond donors (Lipinski definition) is 0. The highest BCUT2D eigenvalue weighted by molar-refractivity contribution is 5.49. The molecule has 58 valence electrons. The maximum Gasteiger partial charge on any atom is 0.120 e. The van der Waals surface area contributed by atoms with Crippen LogP contribution in [0.15, 0.2) is 11.6 Å². The fourth-order valence-electron chi connectivity index (χ4n) is 0.697. The summed E-state index contributed by atoms with van der Waals surface area (Å²) in [5.41, 5.74) is 1.33. The molecule has 0 aromatic carbocycles. The van der Waals surface area contributed by atoms with Crippen LogP contribution in [0.1, 0.15) is 33.6 Å². The van der Waals surface area contributed by atoms with Gasteiger partial charge in [-0.05, 0) is 26.2 Å². The minimum Gasteiger partial charge on any atom is -0.303 e. The van der Waals surface area contributed by atoms with Crippen molar-refractivity contribution in [2.75, 3.05) is 0 Å². The third-order valence-corrected chi connectivity index (χ3v) is 1.43. The normalized spacial score (nSPS) is 12.3. The van der Waals surface area contributed by atoms with Crippen molar-refractivity contribution in [2.45, 2.75) is 33.6 Å². The van der Waals surface area contributed by atoms with Crippen LogP contribution in [0.4, 0.5) is 0 Å². The Bertz CT molecular complexity index is 121. The van der Waals surface area contributed by atoms with Gasteiger partial charge in [-0.25, -0.2) is 0 Å². The Balaban J connectivity index is 3.48. The maximum atomic E-state index is 10.0. The molecule has 0 aliphatic carbocycles. The van der Waals surface area contributed by atoms with Gasteiger partial charge in [-0.1, -0.05) is 18.6 Å². The minimum atomic E-state index is 0.507. The van der Waals surface area contributed by atoms with Crippen LogP contribution in [0.25, 0.3) is 0 Å². The van der Waals surface area contributed by atoms with Crippen molar-refractivity contribution in [1.82, 2.24) is 0 Å². The lowest BCUT2D eigenvalue weighted by Gasteiger charge is -2.01. The van der Waals surface area contributed by atoms with Crippen LogP contribution in [-0.2, 0) is 4.79 Å². The lowest BCUT2D eigenvalue weighted by molar-refractivity contribution is -0.108. The van der Waals surface area contributed by atoms with E-state index in [1.807, 2.05) is 0 Å². The fourth-order valence-corrected chi connectivity index (χ4v) is 0.697. The van der Waals surface area contributed by atoms with Crippen LogP contribution >= 0.6 is 0 Å². The zero-order valence-electron chi connectivity index (χ0n) is 7.05. The third kappa shape index (κ3) is 5.54. The van der Waals surface area contributed by atoms with E-state index in [4.69, 9.17) is 0 Å². The zero-order chi connectivity index (χ0) is 7.98. The summed E-state index contributed by atoms with van der Waals surface area (Å²) in [7, 11) is 0. The fraction of sp³-hybridized carbons (Fsp3) is 0.667. The summed E-state index contributed by atoms with van der Waals surface area (Å²) in [4.78, 5) is 10.0. The number of carbonyl (C=O) groups is 1. The molecule has 0 aliphatic rings. The molecule has 0 N–H and O–H groups in total. The maximum absolute atomic E-state index is 10.0. The molecule has 10 heavy (non-hydrogen) atoms. The predicted octanol–water partition coefficient (Wildman–Crippen LogP) is 2.57. The van der Waals surface area contributed by atoms with Crippen LogP contribution in [0, 0.1) is 5.92 Å². The second-order valence-corrected chi connectivity index (χ2v) is 3.02. The topological polar surface area (TPSA) is 17.1 Å². The molecule has 0 aromatic heterocycles. The Labute approximate surface area is 63.1 Å². The van der Waals surface area contributed by atoms with Gasteiger partial charge in [0.1, 0.15) is 6.29 Å². The van der Waals surface area contributed by atoms with Gasteiger partial charge >= 0.3 is 0 Å². The smallest absolute Gasteiger partial charge is 0.120 e. The van der Waals surface area contributed by atoms with Gasteiger partial charge < -0.3 is 4.79 Å². The first kappa shape index (κ1) is 9.41. The van der Waals surface area contributed by atoms with E-state index in [0.717, 1.165) is 12.7 Å². The van der Waals surface area contributed by atoms with E-state index in [-0.39, 0.29) is 0 Å². The van der Waals surface area contributed by atoms with Gasteiger partial charge in [0.05, 0.1) is 0 Å². The molecular formula is C9H16O. The number of rotatable bonds is 4. The summed E-state index contributed by atoms with van der Waals surface area (Å²) in [6.07, 6.45) is 4.88. The molecule has 0 amide bonds. The van der Waals surface area contributed by atoms with Crippen molar-refractivity contribution in [3.63, 3.8) is 0 Å². The van der Waals surface area contributed by atoms with Gasteiger partial charge in [-0.3, -0.25) is 0 Å². The van der Waals surface area contributed by atoms with Crippen molar-refractivity contribution in [2.24, 2.45) is 5.92 Å². The first-order chi connectivity index (χ1) is 4.66. The Morgan fingerprint density at radius 2 is 2.00 bits per heavy atom. The van der Waals surface area contributed by atoms with Crippen molar-refractivity contribution >= 4 is 6.29 Å². The quantitative estimate of drug-likeness (QED) is 0.433. The van der Waals surface area contributed by atoms with Crippen molar-refractivity contribution in [3.05, 3.63) is 11.6 Å². The lowest BCUT2D eigenvalue weighted by atomic mass is 10.0. The molecule has 0 saturated heterocycles. The largest absolute Gasteiger partial charge is 0.303 e. The van der Waals surface area contributed by atoms with E-state index in [1.165, 1.54) is 5.57 Å². The summed E-state index contributed by atoms with van der Waals surface area (Å²) in [5, 5.41) is 0. The summed E-state index contributed by atoms with van der Waals surface area (Å²) in [6.45, 7) is 6.25. The molecule has 1 heteroatoms. The van der Waals surface area contributed by atoms with E-state index in [0.29, 0.717) is 12.3 Å². The van der Waals surface area contributed by atoms with Gasteiger partial charge in [0.15, 0.2) is 0 Å². The van der Waals surface area contributed by atoms with Gasteiger partial charge in [-0.15, -0.1) is 0 Å². The molecule has 1 nitrogen and oxygen atoms in total. The number of aldehydes is 1. The van der Waals surface area contributed by atoms with Gasteiger partial charge in [0, 0.05) is 6.42 Å². The monoisotopic (exact) mass is 140 g/mol. The van der Waals surface area contributed by atoms with E-state index >= 15 is 0 Å². The lowest BCUT2D eigenvalue weighted by Crippen LogP contribution is -1.92. The second-order valence-electron chi connectivity index (χ2n) is 3.02.